The van der Waals surface area contributed by atoms with Gasteiger partial charge in [0.25, 0.3) is 0 Å². The summed E-state index contributed by atoms with van der Waals surface area (Å²) in [6.07, 6.45) is 1.72. The Labute approximate surface area is 149 Å². The summed E-state index contributed by atoms with van der Waals surface area (Å²) < 4.78 is 8.37. The van der Waals surface area contributed by atoms with Crippen LogP contribution in [-0.4, -0.2) is 19.8 Å². The molecule has 7 heteroatoms. The molecule has 128 valence electrons. The van der Waals surface area contributed by atoms with Gasteiger partial charge in [-0.3, -0.25) is 0 Å². The number of ether oxygens (including phenoxy) is 1. The first-order chi connectivity index (χ1) is 12.0. The van der Waals surface area contributed by atoms with Crippen molar-refractivity contribution in [3.05, 3.63) is 75.2 Å². The topological polar surface area (TPSA) is 61.9 Å². The molecule has 0 saturated heterocycles. The minimum Gasteiger partial charge on any atom is -0.488 e. The van der Waals surface area contributed by atoms with Gasteiger partial charge >= 0.3 is 5.69 Å². The molecule has 0 amide bonds. The van der Waals surface area contributed by atoms with Crippen LogP contribution in [0.3, 0.4) is 0 Å². The number of nitrogens with zero attached hydrogens (tertiary/aromatic N) is 4. The van der Waals surface area contributed by atoms with Gasteiger partial charge in [-0.25, -0.2) is 4.79 Å². The highest BCUT2D eigenvalue weighted by molar-refractivity contribution is 6.30. The maximum atomic E-state index is 12.2. The Hall–Kier alpha value is -2.86. The van der Waals surface area contributed by atoms with E-state index in [1.807, 2.05) is 31.2 Å². The molecule has 0 saturated carbocycles. The average Bonchev–Trinajstić information content (AvgIpc) is 2.94. The molecule has 0 aliphatic carbocycles. The Morgan fingerprint density at radius 1 is 1.28 bits per heavy atom. The minimum atomic E-state index is -0.332. The molecule has 0 N–H and O–H groups in total. The van der Waals surface area contributed by atoms with Crippen molar-refractivity contribution in [1.29, 1.82) is 0 Å². The number of benzene rings is 2. The molecule has 3 rings (SSSR count). The molecular weight excluding hydrogens is 340 g/mol. The van der Waals surface area contributed by atoms with Crippen molar-refractivity contribution in [2.75, 3.05) is 0 Å². The van der Waals surface area contributed by atoms with Gasteiger partial charge in [-0.05, 0) is 46.7 Å². The van der Waals surface area contributed by atoms with Gasteiger partial charge in [0.2, 0.25) is 0 Å². The predicted molar refractivity (Wildman–Crippen MR) is 97.2 cm³/mol. The SMILES string of the molecule is C=Cc1cccc(-n2nnn(C)c2=O)c1COc1cc(Cl)ccc1C. The van der Waals surface area contributed by atoms with E-state index < -0.39 is 0 Å². The average molecular weight is 357 g/mol. The number of aromatic nitrogens is 4. The van der Waals surface area contributed by atoms with Crippen LogP contribution in [0.4, 0.5) is 0 Å². The zero-order valence-corrected chi connectivity index (χ0v) is 14.7. The second-order valence-corrected chi connectivity index (χ2v) is 5.98. The third-order valence-electron chi connectivity index (χ3n) is 3.88. The maximum absolute atomic E-state index is 12.2. The summed E-state index contributed by atoms with van der Waals surface area (Å²) in [5, 5.41) is 8.28. The van der Waals surface area contributed by atoms with Gasteiger partial charge < -0.3 is 4.74 Å². The molecule has 6 nitrogen and oxygen atoms in total. The number of halogens is 1. The summed E-state index contributed by atoms with van der Waals surface area (Å²) in [6, 6.07) is 11.0. The van der Waals surface area contributed by atoms with Crippen molar-refractivity contribution in [3.63, 3.8) is 0 Å². The summed E-state index contributed by atoms with van der Waals surface area (Å²) in [7, 11) is 1.55. The van der Waals surface area contributed by atoms with Crippen molar-refractivity contribution in [1.82, 2.24) is 19.8 Å². The Balaban J connectivity index is 2.03. The molecule has 0 atom stereocenters. The maximum Gasteiger partial charge on any atom is 0.368 e. The van der Waals surface area contributed by atoms with Gasteiger partial charge in [0.1, 0.15) is 12.4 Å². The fraction of sp³-hybridized carbons (Fsp3) is 0.167. The number of hydrogen-bond donors (Lipinski definition) is 0. The van der Waals surface area contributed by atoms with Crippen molar-refractivity contribution in [2.45, 2.75) is 13.5 Å². The number of hydrogen-bond acceptors (Lipinski definition) is 4. The van der Waals surface area contributed by atoms with Crippen molar-refractivity contribution < 1.29 is 4.74 Å². The van der Waals surface area contributed by atoms with E-state index in [9.17, 15) is 4.79 Å². The molecule has 25 heavy (non-hydrogen) atoms. The van der Waals surface area contributed by atoms with E-state index in [4.69, 9.17) is 16.3 Å². The fourth-order valence-electron chi connectivity index (χ4n) is 2.48. The molecule has 1 aromatic heterocycles. The van der Waals surface area contributed by atoms with E-state index in [1.54, 1.807) is 25.3 Å². The number of rotatable bonds is 5. The Kier molecular flexibility index (Phi) is 4.72. The van der Waals surface area contributed by atoms with Crippen LogP contribution < -0.4 is 10.4 Å². The molecule has 1 heterocycles. The Morgan fingerprint density at radius 2 is 2.08 bits per heavy atom. The van der Waals surface area contributed by atoms with E-state index in [1.165, 1.54) is 9.36 Å². The van der Waals surface area contributed by atoms with Crippen LogP contribution in [0.5, 0.6) is 5.75 Å². The number of aryl methyl sites for hydroxylation is 2. The van der Waals surface area contributed by atoms with E-state index in [0.29, 0.717) is 16.5 Å². The molecule has 0 bridgehead atoms. The smallest absolute Gasteiger partial charge is 0.368 e. The van der Waals surface area contributed by atoms with Crippen molar-refractivity contribution in [3.8, 4) is 11.4 Å². The van der Waals surface area contributed by atoms with Crippen LogP contribution in [0.2, 0.25) is 5.02 Å². The molecule has 0 fully saturated rings. The number of tetrazole rings is 1. The van der Waals surface area contributed by atoms with Gasteiger partial charge in [-0.1, -0.05) is 42.5 Å². The van der Waals surface area contributed by atoms with Gasteiger partial charge in [0.15, 0.2) is 0 Å². The van der Waals surface area contributed by atoms with Gasteiger partial charge in [0.05, 0.1) is 5.69 Å². The van der Waals surface area contributed by atoms with E-state index in [2.05, 4.69) is 17.0 Å². The second kappa shape index (κ2) is 6.94. The lowest BCUT2D eigenvalue weighted by Gasteiger charge is -2.14. The minimum absolute atomic E-state index is 0.238. The highest BCUT2D eigenvalue weighted by Crippen LogP contribution is 2.26. The quantitative estimate of drug-likeness (QED) is 0.704. The van der Waals surface area contributed by atoms with Crippen LogP contribution in [0.25, 0.3) is 11.8 Å². The Morgan fingerprint density at radius 3 is 2.76 bits per heavy atom. The van der Waals surface area contributed by atoms with Crippen molar-refractivity contribution in [2.24, 2.45) is 7.05 Å². The molecule has 0 unspecified atom stereocenters. The largest absolute Gasteiger partial charge is 0.488 e. The van der Waals surface area contributed by atoms with E-state index in [0.717, 1.165) is 16.7 Å². The van der Waals surface area contributed by atoms with Gasteiger partial charge in [-0.15, -0.1) is 0 Å². The molecule has 0 spiro atoms. The third-order valence-corrected chi connectivity index (χ3v) is 4.11. The lowest BCUT2D eigenvalue weighted by molar-refractivity contribution is 0.303. The highest BCUT2D eigenvalue weighted by Gasteiger charge is 2.14. The monoisotopic (exact) mass is 356 g/mol. The molecule has 0 aliphatic heterocycles. The van der Waals surface area contributed by atoms with Gasteiger partial charge in [0, 0.05) is 17.6 Å². The van der Waals surface area contributed by atoms with Crippen LogP contribution in [0.1, 0.15) is 16.7 Å². The van der Waals surface area contributed by atoms with E-state index in [-0.39, 0.29) is 12.3 Å². The highest BCUT2D eigenvalue weighted by atomic mass is 35.5. The first-order valence-electron chi connectivity index (χ1n) is 7.64. The van der Waals surface area contributed by atoms with Crippen molar-refractivity contribution >= 4 is 17.7 Å². The zero-order valence-electron chi connectivity index (χ0n) is 13.9. The summed E-state index contributed by atoms with van der Waals surface area (Å²) in [5.74, 6) is 0.684. The fourth-order valence-corrected chi connectivity index (χ4v) is 2.65. The molecular formula is C18H17ClN4O2. The lowest BCUT2D eigenvalue weighted by Crippen LogP contribution is -2.23. The normalized spacial score (nSPS) is 10.7. The van der Waals surface area contributed by atoms with Gasteiger partial charge in [-0.2, -0.15) is 9.36 Å². The molecule has 3 aromatic rings. The summed E-state index contributed by atoms with van der Waals surface area (Å²) >= 11 is 6.05. The zero-order chi connectivity index (χ0) is 18.0. The second-order valence-electron chi connectivity index (χ2n) is 5.54. The standard InChI is InChI=1S/C18H17ClN4O2/c1-4-13-6-5-7-16(23-18(24)22(3)20-21-23)15(13)11-25-17-10-14(19)9-8-12(17)2/h4-10H,1,11H2,2-3H3. The van der Waals surface area contributed by atoms with Crippen LogP contribution in [0.15, 0.2) is 47.8 Å². The first-order valence-corrected chi connectivity index (χ1v) is 8.01. The molecule has 2 aromatic carbocycles. The van der Waals surface area contributed by atoms with Crippen LogP contribution >= 0.6 is 11.6 Å². The van der Waals surface area contributed by atoms with Crippen LogP contribution in [-0.2, 0) is 13.7 Å². The summed E-state index contributed by atoms with van der Waals surface area (Å²) in [5.41, 5.74) is 2.89. The van der Waals surface area contributed by atoms with E-state index >= 15 is 0 Å². The Bertz CT molecular complexity index is 991. The first kappa shape index (κ1) is 17.0. The summed E-state index contributed by atoms with van der Waals surface area (Å²) in [4.78, 5) is 12.2. The lowest BCUT2D eigenvalue weighted by atomic mass is 10.1. The third kappa shape index (κ3) is 3.34. The molecule has 0 radical (unpaired) electrons. The predicted octanol–water partition coefficient (Wildman–Crippen LogP) is 3.15. The summed E-state index contributed by atoms with van der Waals surface area (Å²) in [6.45, 7) is 6.02. The molecule has 0 aliphatic rings. The van der Waals surface area contributed by atoms with Crippen LogP contribution in [0, 0.1) is 6.92 Å².